The van der Waals surface area contributed by atoms with Crippen molar-refractivity contribution in [1.82, 2.24) is 10.2 Å². The number of ether oxygens (including phenoxy) is 3. The highest BCUT2D eigenvalue weighted by Gasteiger charge is 2.11. The van der Waals surface area contributed by atoms with Crippen LogP contribution in [0, 0.1) is 0 Å². The van der Waals surface area contributed by atoms with Gasteiger partial charge >= 0.3 is 0 Å². The van der Waals surface area contributed by atoms with Crippen molar-refractivity contribution >= 4 is 11.6 Å². The predicted octanol–water partition coefficient (Wildman–Crippen LogP) is 3.50. The maximum Gasteiger partial charge on any atom is 0.196 e. The molecule has 31 heavy (non-hydrogen) atoms. The minimum absolute atomic E-state index is 0.595. The van der Waals surface area contributed by atoms with Crippen LogP contribution in [0.2, 0.25) is 0 Å². The molecule has 0 atom stereocenters. The van der Waals surface area contributed by atoms with E-state index in [1.54, 1.807) is 7.11 Å². The molecule has 168 valence electrons. The van der Waals surface area contributed by atoms with Gasteiger partial charge in [-0.05, 0) is 37.1 Å². The number of aliphatic imine (C=N–C) groups is 1. The molecule has 2 aromatic carbocycles. The first-order valence-electron chi connectivity index (χ1n) is 11.0. The van der Waals surface area contributed by atoms with Gasteiger partial charge < -0.3 is 24.8 Å². The summed E-state index contributed by atoms with van der Waals surface area (Å²) in [5.41, 5.74) is 3.39. The molecule has 1 fully saturated rings. The van der Waals surface area contributed by atoms with Crippen LogP contribution in [0.3, 0.4) is 0 Å². The second-order valence-electron chi connectivity index (χ2n) is 7.33. The zero-order valence-electron chi connectivity index (χ0n) is 18.8. The fourth-order valence-electron chi connectivity index (χ4n) is 3.48. The van der Waals surface area contributed by atoms with Gasteiger partial charge in [-0.25, -0.2) is 4.99 Å². The molecule has 1 aliphatic rings. The second kappa shape index (κ2) is 12.2. The SMILES string of the molecule is CCNC(=NCc1cccc(CN2CCOCC2)c1)Nc1ccc(OCC)c(OC)c1. The number of nitrogens with zero attached hydrogens (tertiary/aromatic N) is 2. The first-order chi connectivity index (χ1) is 15.2. The van der Waals surface area contributed by atoms with Crippen molar-refractivity contribution in [2.45, 2.75) is 26.9 Å². The first-order valence-corrected chi connectivity index (χ1v) is 11.0. The molecular formula is C24H34N4O3. The Morgan fingerprint density at radius 1 is 1.06 bits per heavy atom. The van der Waals surface area contributed by atoms with Gasteiger partial charge in [-0.1, -0.05) is 24.3 Å². The Morgan fingerprint density at radius 2 is 1.87 bits per heavy atom. The maximum atomic E-state index is 5.60. The molecule has 1 heterocycles. The van der Waals surface area contributed by atoms with Gasteiger partial charge in [0.1, 0.15) is 0 Å². The number of nitrogens with one attached hydrogen (secondary N) is 2. The van der Waals surface area contributed by atoms with Crippen LogP contribution < -0.4 is 20.1 Å². The summed E-state index contributed by atoms with van der Waals surface area (Å²) in [6, 6.07) is 14.4. The topological polar surface area (TPSA) is 67.4 Å². The summed E-state index contributed by atoms with van der Waals surface area (Å²) in [5.74, 6) is 2.15. The molecule has 2 N–H and O–H groups in total. The number of morpholine rings is 1. The van der Waals surface area contributed by atoms with Crippen LogP contribution in [-0.4, -0.2) is 57.4 Å². The fourth-order valence-corrected chi connectivity index (χ4v) is 3.48. The van der Waals surface area contributed by atoms with Crippen LogP contribution in [0.25, 0.3) is 0 Å². The lowest BCUT2D eigenvalue weighted by atomic mass is 10.1. The molecule has 2 aromatic rings. The highest BCUT2D eigenvalue weighted by molar-refractivity contribution is 5.93. The zero-order valence-corrected chi connectivity index (χ0v) is 18.8. The van der Waals surface area contributed by atoms with Crippen molar-refractivity contribution in [2.24, 2.45) is 4.99 Å². The quantitative estimate of drug-likeness (QED) is 0.473. The molecule has 1 saturated heterocycles. The normalized spacial score (nSPS) is 14.9. The average Bonchev–Trinajstić information content (AvgIpc) is 2.80. The van der Waals surface area contributed by atoms with E-state index in [4.69, 9.17) is 19.2 Å². The van der Waals surface area contributed by atoms with E-state index in [-0.39, 0.29) is 0 Å². The van der Waals surface area contributed by atoms with Crippen molar-refractivity contribution < 1.29 is 14.2 Å². The molecule has 7 nitrogen and oxygen atoms in total. The van der Waals surface area contributed by atoms with Crippen LogP contribution in [0.1, 0.15) is 25.0 Å². The number of benzene rings is 2. The monoisotopic (exact) mass is 426 g/mol. The van der Waals surface area contributed by atoms with Gasteiger partial charge in [0.05, 0.1) is 33.5 Å². The summed E-state index contributed by atoms with van der Waals surface area (Å²) >= 11 is 0. The van der Waals surface area contributed by atoms with Crippen molar-refractivity contribution in [2.75, 3.05) is 51.9 Å². The predicted molar refractivity (Wildman–Crippen MR) is 125 cm³/mol. The summed E-state index contributed by atoms with van der Waals surface area (Å²) in [5, 5.41) is 6.66. The van der Waals surface area contributed by atoms with Crippen LogP contribution >= 0.6 is 0 Å². The third-order valence-corrected chi connectivity index (χ3v) is 4.99. The number of hydrogen-bond donors (Lipinski definition) is 2. The molecule has 3 rings (SSSR count). The third-order valence-electron chi connectivity index (χ3n) is 4.99. The Labute approximate surface area is 185 Å². The van der Waals surface area contributed by atoms with Crippen LogP contribution in [-0.2, 0) is 17.8 Å². The lowest BCUT2D eigenvalue weighted by Crippen LogP contribution is -2.35. The Morgan fingerprint density at radius 3 is 2.61 bits per heavy atom. The molecular weight excluding hydrogens is 392 g/mol. The van der Waals surface area contributed by atoms with E-state index < -0.39 is 0 Å². The molecule has 7 heteroatoms. The van der Waals surface area contributed by atoms with Crippen LogP contribution in [0.15, 0.2) is 47.5 Å². The van der Waals surface area contributed by atoms with Gasteiger partial charge in [0.15, 0.2) is 17.5 Å². The molecule has 0 saturated carbocycles. The van der Waals surface area contributed by atoms with Gasteiger partial charge in [0.2, 0.25) is 0 Å². The first kappa shape index (κ1) is 22.9. The Balaban J connectivity index is 1.66. The van der Waals surface area contributed by atoms with Gasteiger partial charge in [0.25, 0.3) is 0 Å². The summed E-state index contributed by atoms with van der Waals surface area (Å²) in [6.07, 6.45) is 0. The van der Waals surface area contributed by atoms with E-state index in [1.807, 2.05) is 25.1 Å². The lowest BCUT2D eigenvalue weighted by molar-refractivity contribution is 0.0342. The number of guanidine groups is 1. The van der Waals surface area contributed by atoms with Crippen molar-refractivity contribution in [3.63, 3.8) is 0 Å². The van der Waals surface area contributed by atoms with E-state index in [9.17, 15) is 0 Å². The Hall–Kier alpha value is -2.77. The molecule has 0 spiro atoms. The molecule has 1 aliphatic heterocycles. The summed E-state index contributed by atoms with van der Waals surface area (Å²) < 4.78 is 16.5. The number of methoxy groups -OCH3 is 1. The van der Waals surface area contributed by atoms with Crippen LogP contribution in [0.5, 0.6) is 11.5 Å². The Kier molecular flexibility index (Phi) is 8.99. The van der Waals surface area contributed by atoms with Crippen molar-refractivity contribution in [3.8, 4) is 11.5 Å². The third kappa shape index (κ3) is 7.15. The van der Waals surface area contributed by atoms with E-state index in [0.717, 1.165) is 56.8 Å². The second-order valence-corrected chi connectivity index (χ2v) is 7.33. The van der Waals surface area contributed by atoms with Crippen molar-refractivity contribution in [3.05, 3.63) is 53.6 Å². The molecule has 0 amide bonds. The molecule has 0 aliphatic carbocycles. The number of hydrogen-bond acceptors (Lipinski definition) is 5. The summed E-state index contributed by atoms with van der Waals surface area (Å²) in [7, 11) is 1.64. The van der Waals surface area contributed by atoms with E-state index in [2.05, 4.69) is 46.7 Å². The fraction of sp³-hybridized carbons (Fsp3) is 0.458. The van der Waals surface area contributed by atoms with E-state index in [1.165, 1.54) is 11.1 Å². The molecule has 0 aromatic heterocycles. The van der Waals surface area contributed by atoms with Gasteiger partial charge in [-0.2, -0.15) is 0 Å². The summed E-state index contributed by atoms with van der Waals surface area (Å²) in [6.45, 7) is 10.5. The Bertz CT molecular complexity index is 850. The number of rotatable bonds is 9. The standard InChI is InChI=1S/C24H34N4O3/c1-4-25-24(27-21-9-10-22(31-5-2)23(16-21)29-3)26-17-19-7-6-8-20(15-19)18-28-11-13-30-14-12-28/h6-10,15-16H,4-5,11-14,17-18H2,1-3H3,(H2,25,26,27). The summed E-state index contributed by atoms with van der Waals surface area (Å²) in [4.78, 5) is 7.20. The maximum absolute atomic E-state index is 5.60. The average molecular weight is 427 g/mol. The zero-order chi connectivity index (χ0) is 21.9. The molecule has 0 radical (unpaired) electrons. The van der Waals surface area contributed by atoms with E-state index in [0.29, 0.717) is 18.9 Å². The minimum Gasteiger partial charge on any atom is -0.493 e. The molecule has 0 bridgehead atoms. The van der Waals surface area contributed by atoms with Gasteiger partial charge in [-0.3, -0.25) is 4.90 Å². The molecule has 0 unspecified atom stereocenters. The largest absolute Gasteiger partial charge is 0.493 e. The van der Waals surface area contributed by atoms with Gasteiger partial charge in [0, 0.05) is 37.9 Å². The highest BCUT2D eigenvalue weighted by Crippen LogP contribution is 2.30. The van der Waals surface area contributed by atoms with Crippen molar-refractivity contribution in [1.29, 1.82) is 0 Å². The number of anilines is 1. The van der Waals surface area contributed by atoms with Gasteiger partial charge in [-0.15, -0.1) is 0 Å². The van der Waals surface area contributed by atoms with Crippen LogP contribution in [0.4, 0.5) is 5.69 Å². The minimum atomic E-state index is 0.595. The smallest absolute Gasteiger partial charge is 0.196 e. The van der Waals surface area contributed by atoms with E-state index >= 15 is 0 Å². The highest BCUT2D eigenvalue weighted by atomic mass is 16.5. The lowest BCUT2D eigenvalue weighted by Gasteiger charge is -2.26.